The lowest BCUT2D eigenvalue weighted by atomic mass is 9.92. The number of aromatic nitrogens is 2. The Morgan fingerprint density at radius 3 is 2.49 bits per heavy atom. The van der Waals surface area contributed by atoms with E-state index < -0.39 is 5.54 Å². The molecule has 4 rings (SSSR count). The predicted molar refractivity (Wildman–Crippen MR) is 148 cm³/mol. The summed E-state index contributed by atoms with van der Waals surface area (Å²) >= 11 is 0. The van der Waals surface area contributed by atoms with Crippen LogP contribution < -0.4 is 16.0 Å². The second kappa shape index (κ2) is 14.4. The Balaban J connectivity index is 0.000000210. The smallest absolute Gasteiger partial charge is 0.272 e. The minimum absolute atomic E-state index is 0.201. The molecule has 0 saturated heterocycles. The van der Waals surface area contributed by atoms with Gasteiger partial charge in [-0.1, -0.05) is 38.1 Å². The number of carbonyl (C=O) groups excluding carboxylic acids is 3. The molecule has 0 radical (unpaired) electrons. The zero-order valence-electron chi connectivity index (χ0n) is 23.0. The van der Waals surface area contributed by atoms with Crippen molar-refractivity contribution in [2.24, 2.45) is 5.92 Å². The predicted octanol–water partition coefficient (Wildman–Crippen LogP) is 3.31. The quantitative estimate of drug-likeness (QED) is 0.468. The molecule has 1 aromatic carbocycles. The van der Waals surface area contributed by atoms with Gasteiger partial charge in [-0.15, -0.1) is 0 Å². The van der Waals surface area contributed by atoms with E-state index in [1.165, 1.54) is 33.3 Å². The number of benzene rings is 1. The number of rotatable bonds is 8. The number of fused-ring (bicyclic) bond motifs is 2. The standard InChI is InChI=1S/C12H16N2.C10H11N3O3.C6H15N/c1-13-8-6-10-7-9-14-12-5-3-2-4-11(10)12;1-10(6-15)5-13-8(9(16)12(10)2)3-7(4-14)11-13;1-6(2)4-5-7-3/h2-5,7,9-10,13-14H,6,8H2,1H3;3-4,6H,5H2,1-2H3;6-7H,4-5H2,1-3H3. The molecule has 0 saturated carbocycles. The number of amides is 1. The highest BCUT2D eigenvalue weighted by Gasteiger charge is 2.40. The monoisotopic (exact) mass is 510 g/mol. The lowest BCUT2D eigenvalue weighted by molar-refractivity contribution is -0.117. The van der Waals surface area contributed by atoms with Gasteiger partial charge in [-0.2, -0.15) is 5.10 Å². The fraction of sp³-hybridized carbons (Fsp3) is 0.500. The van der Waals surface area contributed by atoms with Crippen molar-refractivity contribution in [3.8, 4) is 0 Å². The highest BCUT2D eigenvalue weighted by atomic mass is 16.2. The first-order chi connectivity index (χ1) is 17.7. The van der Waals surface area contributed by atoms with E-state index in [0.29, 0.717) is 17.9 Å². The van der Waals surface area contributed by atoms with Gasteiger partial charge < -0.3 is 25.6 Å². The molecular weight excluding hydrogens is 468 g/mol. The normalized spacial score (nSPS) is 19.5. The summed E-state index contributed by atoms with van der Waals surface area (Å²) < 4.78 is 1.40. The molecule has 9 nitrogen and oxygen atoms in total. The van der Waals surface area contributed by atoms with Gasteiger partial charge >= 0.3 is 0 Å². The molecule has 1 amide bonds. The molecule has 2 atom stereocenters. The van der Waals surface area contributed by atoms with Crippen molar-refractivity contribution < 1.29 is 14.4 Å². The maximum absolute atomic E-state index is 11.9. The number of aldehydes is 2. The summed E-state index contributed by atoms with van der Waals surface area (Å²) in [6, 6.07) is 9.93. The van der Waals surface area contributed by atoms with Gasteiger partial charge in [0, 0.05) is 18.7 Å². The maximum atomic E-state index is 11.9. The zero-order chi connectivity index (χ0) is 27.4. The van der Waals surface area contributed by atoms with Crippen molar-refractivity contribution >= 4 is 24.2 Å². The molecule has 2 unspecified atom stereocenters. The maximum Gasteiger partial charge on any atom is 0.272 e. The van der Waals surface area contributed by atoms with Crippen LogP contribution >= 0.6 is 0 Å². The van der Waals surface area contributed by atoms with E-state index >= 15 is 0 Å². The van der Waals surface area contributed by atoms with Crippen molar-refractivity contribution in [2.45, 2.75) is 51.6 Å². The number of hydrogen-bond acceptors (Lipinski definition) is 7. The van der Waals surface area contributed by atoms with E-state index in [-0.39, 0.29) is 18.1 Å². The molecule has 3 N–H and O–H groups in total. The summed E-state index contributed by atoms with van der Waals surface area (Å²) in [5.74, 6) is 1.09. The Bertz CT molecular complexity index is 1060. The average molecular weight is 511 g/mol. The molecule has 37 heavy (non-hydrogen) atoms. The molecule has 2 aromatic rings. The van der Waals surface area contributed by atoms with Crippen LogP contribution in [0.4, 0.5) is 5.69 Å². The molecule has 9 heteroatoms. The SMILES string of the molecule is CN1C(=O)c2cc(C=O)nn2CC1(C)C=O.CNCCC(C)C.CNCCC1C=CNc2ccccc21. The molecule has 1 aromatic heterocycles. The second-order valence-electron chi connectivity index (χ2n) is 9.94. The lowest BCUT2D eigenvalue weighted by Crippen LogP contribution is -2.55. The van der Waals surface area contributed by atoms with E-state index in [9.17, 15) is 14.4 Å². The van der Waals surface area contributed by atoms with Crippen molar-refractivity contribution in [1.29, 1.82) is 0 Å². The van der Waals surface area contributed by atoms with Crippen LogP contribution in [-0.2, 0) is 11.3 Å². The van der Waals surface area contributed by atoms with Gasteiger partial charge in [0.25, 0.3) is 5.91 Å². The summed E-state index contributed by atoms with van der Waals surface area (Å²) in [7, 11) is 5.55. The summed E-state index contributed by atoms with van der Waals surface area (Å²) in [5.41, 5.74) is 2.29. The Kier molecular flexibility index (Phi) is 11.7. The van der Waals surface area contributed by atoms with Crippen LogP contribution in [0.3, 0.4) is 0 Å². The van der Waals surface area contributed by atoms with Gasteiger partial charge in [-0.25, -0.2) is 0 Å². The van der Waals surface area contributed by atoms with Crippen molar-refractivity contribution in [3.05, 3.63) is 59.6 Å². The number of hydrogen-bond donors (Lipinski definition) is 3. The Morgan fingerprint density at radius 2 is 1.89 bits per heavy atom. The molecular formula is C28H42N6O3. The molecule has 0 spiro atoms. The third kappa shape index (κ3) is 8.10. The number of likely N-dealkylation sites (N-methyl/N-ethyl adjacent to an activating group) is 1. The summed E-state index contributed by atoms with van der Waals surface area (Å²) in [6.07, 6.45) is 8.03. The Labute approximate surface area is 220 Å². The van der Waals surface area contributed by atoms with Gasteiger partial charge in [0.2, 0.25) is 0 Å². The number of anilines is 1. The van der Waals surface area contributed by atoms with Crippen LogP contribution in [0.1, 0.15) is 66.1 Å². The molecule has 2 aliphatic heterocycles. The van der Waals surface area contributed by atoms with E-state index in [1.807, 2.05) is 20.3 Å². The Hall–Kier alpha value is -3.30. The van der Waals surface area contributed by atoms with Gasteiger partial charge in [0.15, 0.2) is 6.29 Å². The van der Waals surface area contributed by atoms with E-state index in [2.05, 4.69) is 65.2 Å². The second-order valence-corrected chi connectivity index (χ2v) is 9.94. The van der Waals surface area contributed by atoms with Gasteiger partial charge in [0.1, 0.15) is 23.2 Å². The average Bonchev–Trinajstić information content (AvgIpc) is 3.33. The summed E-state index contributed by atoms with van der Waals surface area (Å²) in [6.45, 7) is 8.60. The first-order valence-electron chi connectivity index (χ1n) is 12.8. The number of nitrogens with zero attached hydrogens (tertiary/aromatic N) is 3. The topological polar surface area (TPSA) is 108 Å². The first kappa shape index (κ1) is 29.9. The highest BCUT2D eigenvalue weighted by molar-refractivity contribution is 5.97. The fourth-order valence-corrected chi connectivity index (χ4v) is 4.01. The van der Waals surface area contributed by atoms with E-state index in [4.69, 9.17) is 0 Å². The van der Waals surface area contributed by atoms with Crippen LogP contribution in [0.15, 0.2) is 42.6 Å². The van der Waals surface area contributed by atoms with Gasteiger partial charge in [-0.05, 0) is 76.8 Å². The molecule has 202 valence electrons. The fourth-order valence-electron chi connectivity index (χ4n) is 4.01. The third-order valence-corrected chi connectivity index (χ3v) is 6.54. The molecule has 0 bridgehead atoms. The van der Waals surface area contributed by atoms with Gasteiger partial charge in [0.05, 0.1) is 6.54 Å². The molecule has 3 heterocycles. The molecule has 0 aliphatic carbocycles. The Morgan fingerprint density at radius 1 is 1.19 bits per heavy atom. The van der Waals surface area contributed by atoms with Crippen molar-refractivity contribution in [2.75, 3.05) is 39.5 Å². The lowest BCUT2D eigenvalue weighted by Gasteiger charge is -2.38. The van der Waals surface area contributed by atoms with Crippen LogP contribution in [0, 0.1) is 5.92 Å². The first-order valence-corrected chi connectivity index (χ1v) is 12.8. The molecule has 2 aliphatic rings. The number of nitrogens with one attached hydrogen (secondary N) is 3. The van der Waals surface area contributed by atoms with Gasteiger partial charge in [-0.3, -0.25) is 14.3 Å². The minimum atomic E-state index is -0.906. The highest BCUT2D eigenvalue weighted by Crippen LogP contribution is 2.31. The number of allylic oxidation sites excluding steroid dienone is 1. The minimum Gasteiger partial charge on any atom is -0.362 e. The van der Waals surface area contributed by atoms with Crippen LogP contribution in [0.25, 0.3) is 0 Å². The van der Waals surface area contributed by atoms with E-state index in [0.717, 1.165) is 31.7 Å². The summed E-state index contributed by atoms with van der Waals surface area (Å²) in [5, 5.41) is 13.5. The zero-order valence-corrected chi connectivity index (χ0v) is 23.0. The third-order valence-electron chi connectivity index (χ3n) is 6.54. The van der Waals surface area contributed by atoms with Crippen LogP contribution in [0.5, 0.6) is 0 Å². The van der Waals surface area contributed by atoms with Crippen LogP contribution in [-0.4, -0.2) is 72.9 Å². The van der Waals surface area contributed by atoms with Crippen molar-refractivity contribution in [3.63, 3.8) is 0 Å². The van der Waals surface area contributed by atoms with Crippen molar-refractivity contribution in [1.82, 2.24) is 25.3 Å². The number of para-hydroxylation sites is 1. The summed E-state index contributed by atoms with van der Waals surface area (Å²) in [4.78, 5) is 34.9. The van der Waals surface area contributed by atoms with E-state index in [1.54, 1.807) is 14.0 Å². The van der Waals surface area contributed by atoms with Crippen LogP contribution in [0.2, 0.25) is 0 Å². The molecule has 0 fully saturated rings. The number of carbonyl (C=O) groups is 3. The largest absolute Gasteiger partial charge is 0.362 e.